The van der Waals surface area contributed by atoms with Crippen LogP contribution in [0.2, 0.25) is 0 Å². The molecule has 1 aliphatic rings. The normalized spacial score (nSPS) is 15.7. The number of benzene rings is 1. The van der Waals surface area contributed by atoms with Crippen molar-refractivity contribution < 1.29 is 19.3 Å². The number of phenolic OH excluding ortho intramolecular Hbond substituents is 1. The molecule has 0 unspecified atom stereocenters. The maximum Gasteiger partial charge on any atom is 0.200 e. The van der Waals surface area contributed by atoms with Crippen molar-refractivity contribution >= 4 is 0 Å². The Balaban J connectivity index is 1.74. The molecule has 0 saturated carbocycles. The molecule has 1 aromatic carbocycles. The minimum atomic E-state index is 0.0427. The number of rotatable bonds is 8. The zero-order valence-corrected chi connectivity index (χ0v) is 13.4. The molecule has 2 N–H and O–H groups in total. The maximum atomic E-state index is 9.88. The summed E-state index contributed by atoms with van der Waals surface area (Å²) < 4.78 is 15.7. The van der Waals surface area contributed by atoms with Crippen molar-refractivity contribution in [2.45, 2.75) is 13.0 Å². The molecule has 0 amide bonds. The summed E-state index contributed by atoms with van der Waals surface area (Å²) in [5.74, 6) is 0.912. The summed E-state index contributed by atoms with van der Waals surface area (Å²) in [5.41, 5.74) is 1.03. The quantitative estimate of drug-likeness (QED) is 0.704. The first kappa shape index (κ1) is 16.9. The second kappa shape index (κ2) is 8.82. The average molecular weight is 310 g/mol. The fourth-order valence-electron chi connectivity index (χ4n) is 2.54. The van der Waals surface area contributed by atoms with Crippen LogP contribution in [0.4, 0.5) is 0 Å². The Morgan fingerprint density at radius 3 is 2.41 bits per heavy atom. The van der Waals surface area contributed by atoms with Gasteiger partial charge in [0, 0.05) is 19.6 Å². The van der Waals surface area contributed by atoms with Crippen LogP contribution in [-0.4, -0.2) is 63.6 Å². The third kappa shape index (κ3) is 4.76. The second-order valence-electron chi connectivity index (χ2n) is 5.33. The summed E-state index contributed by atoms with van der Waals surface area (Å²) in [7, 11) is 3.07. The zero-order valence-electron chi connectivity index (χ0n) is 13.4. The number of nitrogens with zero attached hydrogens (tertiary/aromatic N) is 1. The van der Waals surface area contributed by atoms with Crippen molar-refractivity contribution in [3.8, 4) is 17.2 Å². The van der Waals surface area contributed by atoms with Gasteiger partial charge in [0.1, 0.15) is 0 Å². The largest absolute Gasteiger partial charge is 0.502 e. The predicted octanol–water partition coefficient (Wildman–Crippen LogP) is 1.22. The smallest absolute Gasteiger partial charge is 0.200 e. The van der Waals surface area contributed by atoms with E-state index in [1.165, 1.54) is 14.2 Å². The highest BCUT2D eigenvalue weighted by atomic mass is 16.5. The van der Waals surface area contributed by atoms with Crippen LogP contribution in [0, 0.1) is 0 Å². The average Bonchev–Trinajstić information content (AvgIpc) is 2.56. The van der Waals surface area contributed by atoms with Crippen molar-refractivity contribution in [3.63, 3.8) is 0 Å². The molecule has 0 aromatic heterocycles. The van der Waals surface area contributed by atoms with Crippen molar-refractivity contribution in [1.82, 2.24) is 10.2 Å². The summed E-state index contributed by atoms with van der Waals surface area (Å²) in [4.78, 5) is 2.43. The fraction of sp³-hybridized carbons (Fsp3) is 0.625. The molecule has 6 nitrogen and oxygen atoms in total. The van der Waals surface area contributed by atoms with Gasteiger partial charge in [-0.05, 0) is 37.2 Å². The Kier molecular flexibility index (Phi) is 6.76. The van der Waals surface area contributed by atoms with Gasteiger partial charge in [0.05, 0.1) is 27.4 Å². The number of morpholine rings is 1. The van der Waals surface area contributed by atoms with Crippen molar-refractivity contribution in [1.29, 1.82) is 0 Å². The van der Waals surface area contributed by atoms with Crippen LogP contribution in [0.25, 0.3) is 0 Å². The van der Waals surface area contributed by atoms with Crippen LogP contribution < -0.4 is 14.8 Å². The fourth-order valence-corrected chi connectivity index (χ4v) is 2.54. The highest BCUT2D eigenvalue weighted by Gasteiger charge is 2.11. The van der Waals surface area contributed by atoms with Gasteiger partial charge in [0.2, 0.25) is 5.75 Å². The molecule has 22 heavy (non-hydrogen) atoms. The van der Waals surface area contributed by atoms with Crippen molar-refractivity contribution in [3.05, 3.63) is 17.7 Å². The van der Waals surface area contributed by atoms with E-state index in [2.05, 4.69) is 10.2 Å². The molecule has 1 saturated heterocycles. The van der Waals surface area contributed by atoms with E-state index in [0.717, 1.165) is 57.9 Å². The van der Waals surface area contributed by atoms with E-state index in [9.17, 15) is 5.11 Å². The molecule has 1 heterocycles. The van der Waals surface area contributed by atoms with Gasteiger partial charge in [-0.2, -0.15) is 0 Å². The molecule has 1 aliphatic heterocycles. The summed E-state index contributed by atoms with van der Waals surface area (Å²) in [6.45, 7) is 6.53. The maximum absolute atomic E-state index is 9.88. The van der Waals surface area contributed by atoms with Crippen LogP contribution in [0.5, 0.6) is 17.2 Å². The third-order valence-corrected chi connectivity index (χ3v) is 3.80. The number of hydrogen-bond acceptors (Lipinski definition) is 6. The van der Waals surface area contributed by atoms with Crippen LogP contribution in [0.3, 0.4) is 0 Å². The lowest BCUT2D eigenvalue weighted by atomic mass is 10.1. The topological polar surface area (TPSA) is 63.2 Å². The van der Waals surface area contributed by atoms with Gasteiger partial charge in [-0.3, -0.25) is 4.90 Å². The molecule has 6 heteroatoms. The Labute approximate surface area is 132 Å². The van der Waals surface area contributed by atoms with Gasteiger partial charge in [0.15, 0.2) is 11.5 Å². The molecule has 0 radical (unpaired) electrons. The first-order valence-electron chi connectivity index (χ1n) is 7.69. The van der Waals surface area contributed by atoms with Crippen LogP contribution in [0.1, 0.15) is 12.0 Å². The van der Waals surface area contributed by atoms with Crippen molar-refractivity contribution in [2.24, 2.45) is 0 Å². The number of hydrogen-bond donors (Lipinski definition) is 2. The van der Waals surface area contributed by atoms with Crippen molar-refractivity contribution in [2.75, 3.05) is 53.6 Å². The Hall–Kier alpha value is -1.50. The highest BCUT2D eigenvalue weighted by molar-refractivity contribution is 5.52. The number of nitrogens with one attached hydrogen (secondary N) is 1. The second-order valence-corrected chi connectivity index (χ2v) is 5.33. The van der Waals surface area contributed by atoms with E-state index in [0.29, 0.717) is 11.5 Å². The Morgan fingerprint density at radius 1 is 1.18 bits per heavy atom. The summed E-state index contributed by atoms with van der Waals surface area (Å²) in [6, 6.07) is 3.65. The minimum Gasteiger partial charge on any atom is -0.502 e. The van der Waals surface area contributed by atoms with Gasteiger partial charge >= 0.3 is 0 Å². The lowest BCUT2D eigenvalue weighted by Gasteiger charge is -2.26. The van der Waals surface area contributed by atoms with E-state index >= 15 is 0 Å². The van der Waals surface area contributed by atoms with E-state index in [1.807, 2.05) is 12.1 Å². The van der Waals surface area contributed by atoms with Gasteiger partial charge in [-0.25, -0.2) is 0 Å². The van der Waals surface area contributed by atoms with E-state index in [4.69, 9.17) is 14.2 Å². The van der Waals surface area contributed by atoms with Crippen LogP contribution >= 0.6 is 0 Å². The first-order chi connectivity index (χ1) is 10.7. The molecule has 2 rings (SSSR count). The summed E-state index contributed by atoms with van der Waals surface area (Å²) in [5, 5.41) is 13.3. The standard InChI is InChI=1S/C16H26N2O4/c1-20-14-10-13(11-15(21-2)16(14)19)12-17-4-3-5-18-6-8-22-9-7-18/h10-11,17,19H,3-9,12H2,1-2H3. The van der Waals surface area contributed by atoms with Gasteiger partial charge in [0.25, 0.3) is 0 Å². The molecule has 124 valence electrons. The molecule has 0 aliphatic carbocycles. The molecule has 0 bridgehead atoms. The van der Waals surface area contributed by atoms with Crippen LogP contribution in [-0.2, 0) is 11.3 Å². The minimum absolute atomic E-state index is 0.0427. The third-order valence-electron chi connectivity index (χ3n) is 3.80. The molecule has 0 spiro atoms. The SMILES string of the molecule is COc1cc(CNCCCN2CCOCC2)cc(OC)c1O. The number of aromatic hydroxyl groups is 1. The molecular formula is C16H26N2O4. The van der Waals surface area contributed by atoms with Gasteiger partial charge < -0.3 is 24.6 Å². The number of ether oxygens (including phenoxy) is 3. The lowest BCUT2D eigenvalue weighted by Crippen LogP contribution is -2.37. The molecule has 1 fully saturated rings. The molecular weight excluding hydrogens is 284 g/mol. The van der Waals surface area contributed by atoms with Gasteiger partial charge in [-0.1, -0.05) is 0 Å². The first-order valence-corrected chi connectivity index (χ1v) is 7.69. The predicted molar refractivity (Wildman–Crippen MR) is 84.8 cm³/mol. The van der Waals surface area contributed by atoms with E-state index in [1.54, 1.807) is 0 Å². The summed E-state index contributed by atoms with van der Waals surface area (Å²) in [6.07, 6.45) is 1.10. The molecule has 0 atom stereocenters. The Morgan fingerprint density at radius 2 is 1.82 bits per heavy atom. The number of methoxy groups -OCH3 is 2. The molecule has 1 aromatic rings. The van der Waals surface area contributed by atoms with Crippen LogP contribution in [0.15, 0.2) is 12.1 Å². The number of phenols is 1. The highest BCUT2D eigenvalue weighted by Crippen LogP contribution is 2.36. The van der Waals surface area contributed by atoms with Gasteiger partial charge in [-0.15, -0.1) is 0 Å². The van der Waals surface area contributed by atoms with E-state index < -0.39 is 0 Å². The summed E-state index contributed by atoms with van der Waals surface area (Å²) >= 11 is 0. The monoisotopic (exact) mass is 310 g/mol. The Bertz CT molecular complexity index is 436. The zero-order chi connectivity index (χ0) is 15.8. The lowest BCUT2D eigenvalue weighted by molar-refractivity contribution is 0.0374. The van der Waals surface area contributed by atoms with E-state index in [-0.39, 0.29) is 5.75 Å².